The van der Waals surface area contributed by atoms with Gasteiger partial charge in [0.25, 0.3) is 0 Å². The van der Waals surface area contributed by atoms with Crippen molar-refractivity contribution in [2.75, 3.05) is 27.2 Å². The fourth-order valence-electron chi connectivity index (χ4n) is 1.17. The Balaban J connectivity index is 0. The van der Waals surface area contributed by atoms with Gasteiger partial charge in [0, 0.05) is 43.2 Å². The zero-order chi connectivity index (χ0) is 23.5. The van der Waals surface area contributed by atoms with E-state index >= 15 is 0 Å². The molecule has 1 aromatic heterocycles. The number of esters is 1. The summed E-state index contributed by atoms with van der Waals surface area (Å²) in [4.78, 5) is 55.4. The van der Waals surface area contributed by atoms with Crippen LogP contribution in [0, 0.1) is 0 Å². The molecule has 0 fully saturated rings. The number of carbonyl (C=O) groups excluding carboxylic acids is 1. The van der Waals surface area contributed by atoms with Gasteiger partial charge in [0.05, 0.1) is 5.56 Å². The Hall–Kier alpha value is -4.06. The number of likely N-dealkylation sites (N-methyl/N-ethyl adjacent to an activating group) is 1. The molecule has 0 spiro atoms. The van der Waals surface area contributed by atoms with Crippen LogP contribution in [0.25, 0.3) is 0 Å². The van der Waals surface area contributed by atoms with Crippen LogP contribution >= 0.6 is 0 Å². The minimum absolute atomic E-state index is 0.319. The molecule has 0 aromatic carbocycles. The third-order valence-corrected chi connectivity index (χ3v) is 2.41. The fourth-order valence-corrected chi connectivity index (χ4v) is 1.17. The summed E-state index contributed by atoms with van der Waals surface area (Å²) in [5, 5.41) is 31.2. The van der Waals surface area contributed by atoms with Crippen LogP contribution in [0.4, 0.5) is 0 Å². The summed E-state index contributed by atoms with van der Waals surface area (Å²) in [7, 11) is 3.86. The average molecular weight is 426 g/mol. The Bertz CT molecular complexity index is 691. The number of aliphatic carboxylic acids is 4. The van der Waals surface area contributed by atoms with Crippen LogP contribution in [-0.4, -0.2) is 87.4 Å². The van der Waals surface area contributed by atoms with Gasteiger partial charge in [-0.15, -0.1) is 0 Å². The molecule has 1 heterocycles. The van der Waals surface area contributed by atoms with E-state index in [1.54, 1.807) is 18.3 Å². The molecule has 12 heteroatoms. The molecule has 0 aliphatic carbocycles. The van der Waals surface area contributed by atoms with Gasteiger partial charge in [0.1, 0.15) is 6.61 Å². The molecule has 0 amide bonds. The minimum atomic E-state index is -1.26. The smallest absolute Gasteiger partial charge is 0.339 e. The van der Waals surface area contributed by atoms with Gasteiger partial charge in [-0.3, -0.25) is 4.98 Å². The highest BCUT2D eigenvalue weighted by atomic mass is 16.5. The molecule has 164 valence electrons. The van der Waals surface area contributed by atoms with Gasteiger partial charge in [0.2, 0.25) is 0 Å². The number of rotatable bonds is 8. The summed E-state index contributed by atoms with van der Waals surface area (Å²) in [6.07, 6.45) is 5.35. The van der Waals surface area contributed by atoms with Gasteiger partial charge < -0.3 is 30.1 Å². The Morgan fingerprint density at radius 2 is 1.33 bits per heavy atom. The van der Waals surface area contributed by atoms with E-state index in [4.69, 9.17) is 25.2 Å². The van der Waals surface area contributed by atoms with Crippen LogP contribution in [0.2, 0.25) is 0 Å². The van der Waals surface area contributed by atoms with E-state index < -0.39 is 23.9 Å². The lowest BCUT2D eigenvalue weighted by atomic mass is 10.3. The van der Waals surface area contributed by atoms with Gasteiger partial charge in [-0.2, -0.15) is 0 Å². The third kappa shape index (κ3) is 22.0. The van der Waals surface area contributed by atoms with E-state index in [2.05, 4.69) is 4.98 Å². The molecule has 0 atom stereocenters. The Morgan fingerprint density at radius 3 is 1.63 bits per heavy atom. The van der Waals surface area contributed by atoms with Gasteiger partial charge >= 0.3 is 29.8 Å². The molecule has 0 saturated heterocycles. The number of nitrogens with zero attached hydrogens (tertiary/aromatic N) is 2. The largest absolute Gasteiger partial charge is 0.478 e. The van der Waals surface area contributed by atoms with Crippen molar-refractivity contribution in [2.24, 2.45) is 0 Å². The maximum absolute atomic E-state index is 11.3. The molecule has 4 N–H and O–H groups in total. The number of aromatic nitrogens is 1. The topological polar surface area (TPSA) is 192 Å². The van der Waals surface area contributed by atoms with Crippen molar-refractivity contribution in [3.05, 3.63) is 54.4 Å². The van der Waals surface area contributed by atoms with Crippen molar-refractivity contribution < 1.29 is 49.1 Å². The van der Waals surface area contributed by atoms with Gasteiger partial charge in [-0.25, -0.2) is 24.0 Å². The molecule has 1 rings (SSSR count). The van der Waals surface area contributed by atoms with Crippen molar-refractivity contribution in [2.45, 2.75) is 0 Å². The number of carbonyl (C=O) groups is 5. The van der Waals surface area contributed by atoms with Gasteiger partial charge in [-0.1, -0.05) is 0 Å². The lowest BCUT2D eigenvalue weighted by Crippen LogP contribution is -2.20. The monoisotopic (exact) mass is 426 g/mol. The van der Waals surface area contributed by atoms with E-state index in [0.717, 1.165) is 6.54 Å². The predicted molar refractivity (Wildman–Crippen MR) is 102 cm³/mol. The van der Waals surface area contributed by atoms with Crippen LogP contribution in [0.5, 0.6) is 0 Å². The predicted octanol–water partition coefficient (Wildman–Crippen LogP) is 0.224. The summed E-state index contributed by atoms with van der Waals surface area (Å²) in [6.45, 7) is 1.13. The maximum atomic E-state index is 11.3. The Morgan fingerprint density at radius 1 is 0.900 bits per heavy atom. The zero-order valence-electron chi connectivity index (χ0n) is 16.2. The number of ether oxygens (including phenoxy) is 1. The highest BCUT2D eigenvalue weighted by Crippen LogP contribution is 1.98. The normalized spacial score (nSPS) is 9.83. The van der Waals surface area contributed by atoms with Gasteiger partial charge in [-0.05, 0) is 26.2 Å². The number of pyridine rings is 1. The van der Waals surface area contributed by atoms with Crippen molar-refractivity contribution in [3.8, 4) is 0 Å². The van der Waals surface area contributed by atoms with Crippen LogP contribution in [0.15, 0.2) is 48.8 Å². The first-order valence-corrected chi connectivity index (χ1v) is 7.95. The van der Waals surface area contributed by atoms with Crippen LogP contribution in [0.3, 0.4) is 0 Å². The molecule has 0 radical (unpaired) electrons. The minimum Gasteiger partial charge on any atom is -0.478 e. The van der Waals surface area contributed by atoms with E-state index in [-0.39, 0.29) is 5.97 Å². The zero-order valence-corrected chi connectivity index (χ0v) is 16.2. The first kappa shape index (κ1) is 28.2. The lowest BCUT2D eigenvalue weighted by Gasteiger charge is -2.09. The molecular formula is C18H22N2O10. The summed E-state index contributed by atoms with van der Waals surface area (Å²) < 4.78 is 5.02. The van der Waals surface area contributed by atoms with E-state index in [0.29, 0.717) is 36.5 Å². The van der Waals surface area contributed by atoms with Crippen molar-refractivity contribution in [1.82, 2.24) is 9.88 Å². The average Bonchev–Trinajstić information content (AvgIpc) is 2.66. The highest BCUT2D eigenvalue weighted by molar-refractivity contribution is 5.90. The number of carboxylic acids is 4. The second-order valence-corrected chi connectivity index (χ2v) is 5.20. The number of carboxylic acid groups (broad SMARTS) is 4. The first-order valence-electron chi connectivity index (χ1n) is 7.95. The summed E-state index contributed by atoms with van der Waals surface area (Å²) in [5.74, 6) is -5.35. The molecule has 12 nitrogen and oxygen atoms in total. The molecule has 1 aromatic rings. The SMILES string of the molecule is CN(C)CCOC(=O)c1cccnc1.O=C(O)/C=C\C(=O)O.O=C(O)/C=C\C(=O)O. The fraction of sp³-hybridized carbons (Fsp3) is 0.222. The van der Waals surface area contributed by atoms with E-state index in [1.807, 2.05) is 19.0 Å². The number of hydrogen-bond donors (Lipinski definition) is 4. The molecule has 0 saturated carbocycles. The molecular weight excluding hydrogens is 404 g/mol. The molecule has 30 heavy (non-hydrogen) atoms. The summed E-state index contributed by atoms with van der Waals surface area (Å²) in [6, 6.07) is 3.40. The first-order chi connectivity index (χ1) is 14.0. The van der Waals surface area contributed by atoms with Gasteiger partial charge in [0.15, 0.2) is 0 Å². The molecule has 0 bridgehead atoms. The van der Waals surface area contributed by atoms with Crippen LogP contribution < -0.4 is 0 Å². The van der Waals surface area contributed by atoms with Crippen molar-refractivity contribution >= 4 is 29.8 Å². The molecule has 0 aliphatic rings. The summed E-state index contributed by atoms with van der Waals surface area (Å²) in [5.41, 5.74) is 0.492. The quantitative estimate of drug-likeness (QED) is 0.327. The second kappa shape index (κ2) is 17.1. The lowest BCUT2D eigenvalue weighted by molar-refractivity contribution is -0.134. The second-order valence-electron chi connectivity index (χ2n) is 5.20. The molecule has 0 aliphatic heterocycles. The highest BCUT2D eigenvalue weighted by Gasteiger charge is 2.05. The van der Waals surface area contributed by atoms with E-state index in [1.165, 1.54) is 6.20 Å². The maximum Gasteiger partial charge on any atom is 0.339 e. The molecule has 0 unspecified atom stereocenters. The standard InChI is InChI=1S/C10H14N2O2.2C4H4O4/c1-12(2)6-7-14-10(13)9-4-3-5-11-8-9;2*5-3(6)1-2-4(7)8/h3-5,8H,6-7H2,1-2H3;2*1-2H,(H,5,6)(H,7,8)/b;2*2-1-. The summed E-state index contributed by atoms with van der Waals surface area (Å²) >= 11 is 0. The van der Waals surface area contributed by atoms with Crippen molar-refractivity contribution in [3.63, 3.8) is 0 Å². The van der Waals surface area contributed by atoms with Crippen molar-refractivity contribution in [1.29, 1.82) is 0 Å². The van der Waals surface area contributed by atoms with Crippen LogP contribution in [0.1, 0.15) is 10.4 Å². The third-order valence-electron chi connectivity index (χ3n) is 2.41. The van der Waals surface area contributed by atoms with E-state index in [9.17, 15) is 24.0 Å². The number of hydrogen-bond acceptors (Lipinski definition) is 8. The Kier molecular flexibility index (Phi) is 16.0. The van der Waals surface area contributed by atoms with Crippen LogP contribution in [-0.2, 0) is 23.9 Å². The Labute approximate surface area is 171 Å².